The summed E-state index contributed by atoms with van der Waals surface area (Å²) < 4.78 is 9.54. The number of carbonyl (C=O) groups is 4. The molecule has 2 fully saturated rings. The third-order valence-corrected chi connectivity index (χ3v) is 11.9. The molecule has 4 amide bonds. The molecule has 4 aliphatic rings. The third-order valence-electron chi connectivity index (χ3n) is 11.9. The van der Waals surface area contributed by atoms with Gasteiger partial charge in [-0.3, -0.25) is 9.59 Å². The molecule has 4 N–H and O–H groups in total. The van der Waals surface area contributed by atoms with E-state index in [1.54, 1.807) is 0 Å². The van der Waals surface area contributed by atoms with E-state index < -0.39 is 24.3 Å². The third kappa shape index (κ3) is 8.52. The molecular formula is C40H58N8O6. The minimum Gasteiger partial charge on any atom is -0.453 e. The minimum absolute atomic E-state index is 0.0793. The van der Waals surface area contributed by atoms with Crippen LogP contribution in [0.5, 0.6) is 0 Å². The number of rotatable bonds is 11. The fourth-order valence-electron chi connectivity index (χ4n) is 8.78. The van der Waals surface area contributed by atoms with E-state index >= 15 is 0 Å². The second-order valence-electron chi connectivity index (χ2n) is 16.0. The van der Waals surface area contributed by atoms with E-state index in [1.807, 2.05) is 49.9 Å². The van der Waals surface area contributed by atoms with Crippen LogP contribution in [0.2, 0.25) is 0 Å². The summed E-state index contributed by atoms with van der Waals surface area (Å²) in [7, 11) is 2.61. The van der Waals surface area contributed by atoms with E-state index in [4.69, 9.17) is 19.4 Å². The number of hydrogen-bond acceptors (Lipinski definition) is 8. The number of alkyl carbamates (subject to hydrolysis) is 2. The van der Waals surface area contributed by atoms with Gasteiger partial charge in [-0.2, -0.15) is 0 Å². The summed E-state index contributed by atoms with van der Waals surface area (Å²) in [6, 6.07) is -1.61. The molecule has 0 aromatic carbocycles. The van der Waals surface area contributed by atoms with Crippen LogP contribution in [0, 0.1) is 23.7 Å². The SMILES string of the molecule is COC(=O)NC(C(=O)N1CCCC1c1ncc(C2=CCC(C3CC=C(c4cnc(C5CCCN5C(=O)C(NC(=O)OC)C(C)C)[nH]4)CC3)CC2)[nH]1)C(C)C. The Hall–Kier alpha value is -4.62. The molecule has 0 saturated carbocycles. The van der Waals surface area contributed by atoms with E-state index in [0.717, 1.165) is 87.2 Å². The number of imidazole rings is 2. The van der Waals surface area contributed by atoms with Crippen molar-refractivity contribution in [1.29, 1.82) is 0 Å². The number of allylic oxidation sites excluding steroid dienone is 4. The molecule has 0 bridgehead atoms. The zero-order valence-electron chi connectivity index (χ0n) is 32.7. The number of H-pyrrole nitrogens is 2. The van der Waals surface area contributed by atoms with Gasteiger partial charge in [0.25, 0.3) is 0 Å². The highest BCUT2D eigenvalue weighted by molar-refractivity contribution is 5.87. The zero-order chi connectivity index (χ0) is 38.5. The standard InChI is InChI=1S/C40H58N8O6/c1-23(2)33(45-39(51)53-5)37(49)47-19-7-9-31(47)35-41-21-29(43-35)27-15-11-25(12-16-27)26-13-17-28(18-14-26)30-22-42-36(44-30)32-10-8-20-48(32)38(50)34(24(3)4)46-40(52)54-6/h15,17,21-26,31-34H,7-14,16,18-20H2,1-6H3,(H,41,43)(H,42,44)(H,45,51)(H,46,52). The largest absolute Gasteiger partial charge is 0.453 e. The van der Waals surface area contributed by atoms with Gasteiger partial charge in [0.1, 0.15) is 23.7 Å². The highest BCUT2D eigenvalue weighted by atomic mass is 16.5. The first-order chi connectivity index (χ1) is 26.0. The Bertz CT molecular complexity index is 1600. The van der Waals surface area contributed by atoms with Crippen molar-refractivity contribution < 1.29 is 28.7 Å². The maximum Gasteiger partial charge on any atom is 0.407 e. The summed E-state index contributed by atoms with van der Waals surface area (Å²) in [5.41, 5.74) is 4.62. The van der Waals surface area contributed by atoms with Crippen LogP contribution in [0.15, 0.2) is 24.5 Å². The summed E-state index contributed by atoms with van der Waals surface area (Å²) in [5.74, 6) is 2.47. The highest BCUT2D eigenvalue weighted by Crippen LogP contribution is 2.42. The Morgan fingerprint density at radius 1 is 0.685 bits per heavy atom. The fourth-order valence-corrected chi connectivity index (χ4v) is 8.78. The number of nitrogens with one attached hydrogen (secondary N) is 4. The topological polar surface area (TPSA) is 175 Å². The Morgan fingerprint density at radius 3 is 1.43 bits per heavy atom. The lowest BCUT2D eigenvalue weighted by atomic mass is 9.74. The van der Waals surface area contributed by atoms with E-state index in [0.29, 0.717) is 24.9 Å². The van der Waals surface area contributed by atoms with Gasteiger partial charge in [-0.15, -0.1) is 0 Å². The lowest BCUT2D eigenvalue weighted by Gasteiger charge is -2.32. The molecular weight excluding hydrogens is 688 g/mol. The first-order valence-corrected chi connectivity index (χ1v) is 19.8. The van der Waals surface area contributed by atoms with Crippen molar-refractivity contribution in [2.75, 3.05) is 27.3 Å². The molecule has 14 nitrogen and oxygen atoms in total. The highest BCUT2D eigenvalue weighted by Gasteiger charge is 2.39. The number of ether oxygens (including phenoxy) is 2. The Morgan fingerprint density at radius 2 is 1.09 bits per heavy atom. The van der Waals surface area contributed by atoms with Gasteiger partial charge in [0.15, 0.2) is 0 Å². The van der Waals surface area contributed by atoms with Gasteiger partial charge in [-0.1, -0.05) is 39.8 Å². The number of nitrogens with zero attached hydrogens (tertiary/aromatic N) is 4. The Labute approximate surface area is 318 Å². The Balaban J connectivity index is 1.04. The zero-order valence-corrected chi connectivity index (χ0v) is 32.7. The van der Waals surface area contributed by atoms with Gasteiger partial charge in [-0.05, 0) is 99.0 Å². The van der Waals surface area contributed by atoms with Gasteiger partial charge >= 0.3 is 12.2 Å². The molecule has 0 spiro atoms. The number of amides is 4. The van der Waals surface area contributed by atoms with Gasteiger partial charge in [0, 0.05) is 13.1 Å². The minimum atomic E-state index is -0.657. The van der Waals surface area contributed by atoms with Crippen LogP contribution in [-0.4, -0.2) is 93.1 Å². The predicted octanol–water partition coefficient (Wildman–Crippen LogP) is 6.29. The monoisotopic (exact) mass is 746 g/mol. The van der Waals surface area contributed by atoms with Gasteiger partial charge in [0.2, 0.25) is 11.8 Å². The van der Waals surface area contributed by atoms with Crippen molar-refractivity contribution in [3.8, 4) is 0 Å². The van der Waals surface area contributed by atoms with Crippen molar-refractivity contribution >= 4 is 35.1 Å². The number of aromatic nitrogens is 4. The van der Waals surface area contributed by atoms with Gasteiger partial charge < -0.3 is 39.9 Å². The van der Waals surface area contributed by atoms with E-state index in [9.17, 15) is 19.2 Å². The average Bonchev–Trinajstić information content (AvgIpc) is 4.02. The normalized spacial score (nSPS) is 24.2. The Kier molecular flexibility index (Phi) is 12.5. The van der Waals surface area contributed by atoms with Crippen LogP contribution in [-0.2, 0) is 19.1 Å². The summed E-state index contributed by atoms with van der Waals surface area (Å²) >= 11 is 0. The molecule has 294 valence electrons. The lowest BCUT2D eigenvalue weighted by Crippen LogP contribution is -2.51. The molecule has 2 saturated heterocycles. The van der Waals surface area contributed by atoms with E-state index in [1.165, 1.54) is 25.4 Å². The molecule has 14 heteroatoms. The fraction of sp³-hybridized carbons (Fsp3) is 0.650. The van der Waals surface area contributed by atoms with E-state index in [-0.39, 0.29) is 35.7 Å². The van der Waals surface area contributed by atoms with Gasteiger partial charge in [0.05, 0.1) is 50.1 Å². The molecule has 2 aliphatic heterocycles. The van der Waals surface area contributed by atoms with Crippen molar-refractivity contribution in [1.82, 2.24) is 40.4 Å². The molecule has 6 rings (SSSR count). The summed E-state index contributed by atoms with van der Waals surface area (Å²) in [4.78, 5) is 71.3. The van der Waals surface area contributed by atoms with Crippen molar-refractivity contribution in [3.63, 3.8) is 0 Å². The average molecular weight is 747 g/mol. The van der Waals surface area contributed by atoms with Crippen molar-refractivity contribution in [3.05, 3.63) is 47.6 Å². The number of carbonyl (C=O) groups excluding carboxylic acids is 4. The number of hydrogen-bond donors (Lipinski definition) is 4. The van der Waals surface area contributed by atoms with Crippen LogP contribution >= 0.6 is 0 Å². The van der Waals surface area contributed by atoms with Crippen molar-refractivity contribution in [2.24, 2.45) is 23.7 Å². The number of methoxy groups -OCH3 is 2. The summed E-state index contributed by atoms with van der Waals surface area (Å²) in [6.07, 6.45) is 17.1. The van der Waals surface area contributed by atoms with Crippen LogP contribution in [0.1, 0.15) is 127 Å². The molecule has 2 aliphatic carbocycles. The summed E-state index contributed by atoms with van der Waals surface area (Å²) in [6.45, 7) is 8.94. The van der Waals surface area contributed by atoms with Crippen LogP contribution in [0.25, 0.3) is 11.1 Å². The summed E-state index contributed by atoms with van der Waals surface area (Å²) in [5, 5.41) is 5.43. The maximum absolute atomic E-state index is 13.5. The molecule has 0 radical (unpaired) electrons. The first kappa shape index (κ1) is 39.1. The van der Waals surface area contributed by atoms with Crippen LogP contribution in [0.4, 0.5) is 9.59 Å². The quantitative estimate of drug-likeness (QED) is 0.208. The van der Waals surface area contributed by atoms with Crippen LogP contribution < -0.4 is 10.6 Å². The molecule has 6 unspecified atom stereocenters. The first-order valence-electron chi connectivity index (χ1n) is 19.8. The van der Waals surface area contributed by atoms with E-state index in [2.05, 4.69) is 32.8 Å². The number of likely N-dealkylation sites (tertiary alicyclic amines) is 2. The molecule has 2 aromatic heterocycles. The second-order valence-corrected chi connectivity index (χ2v) is 16.0. The predicted molar refractivity (Wildman–Crippen MR) is 204 cm³/mol. The van der Waals surface area contributed by atoms with Crippen molar-refractivity contribution in [2.45, 2.75) is 116 Å². The molecule has 2 aromatic rings. The van der Waals surface area contributed by atoms with Gasteiger partial charge in [-0.25, -0.2) is 19.6 Å². The smallest absolute Gasteiger partial charge is 0.407 e. The maximum atomic E-state index is 13.5. The molecule has 54 heavy (non-hydrogen) atoms. The lowest BCUT2D eigenvalue weighted by molar-refractivity contribution is -0.136. The second kappa shape index (κ2) is 17.2. The molecule has 4 heterocycles. The van der Waals surface area contributed by atoms with Crippen LogP contribution in [0.3, 0.4) is 0 Å². The molecule has 6 atom stereocenters. The number of aromatic amines is 2.